The Morgan fingerprint density at radius 2 is 1.79 bits per heavy atom. The molecule has 0 amide bonds. The first-order valence-corrected chi connectivity index (χ1v) is 7.76. The van der Waals surface area contributed by atoms with Gasteiger partial charge in [-0.25, -0.2) is 0 Å². The molecule has 0 aliphatic heterocycles. The number of hydrogen-bond donors (Lipinski definition) is 1. The molecule has 1 aliphatic rings. The second-order valence-corrected chi connectivity index (χ2v) is 5.97. The molecule has 19 heavy (non-hydrogen) atoms. The zero-order valence-corrected chi connectivity index (χ0v) is 13.0. The van der Waals surface area contributed by atoms with Gasteiger partial charge >= 0.3 is 0 Å². The minimum absolute atomic E-state index is 0.458. The van der Waals surface area contributed by atoms with Gasteiger partial charge < -0.3 is 10.1 Å². The molecule has 0 spiro atoms. The van der Waals surface area contributed by atoms with Crippen LogP contribution >= 0.6 is 34.8 Å². The first-order chi connectivity index (χ1) is 9.18. The van der Waals surface area contributed by atoms with Gasteiger partial charge in [0.05, 0.1) is 22.8 Å². The van der Waals surface area contributed by atoms with Gasteiger partial charge in [-0.1, -0.05) is 47.6 Å². The summed E-state index contributed by atoms with van der Waals surface area (Å²) >= 11 is 18.2. The summed E-state index contributed by atoms with van der Waals surface area (Å²) in [5, 5.41) is 4.98. The lowest BCUT2D eigenvalue weighted by atomic mass is 10.2. The summed E-state index contributed by atoms with van der Waals surface area (Å²) < 4.78 is 5.77. The van der Waals surface area contributed by atoms with Crippen molar-refractivity contribution < 1.29 is 4.74 Å². The van der Waals surface area contributed by atoms with Gasteiger partial charge in [-0.2, -0.15) is 0 Å². The Balaban J connectivity index is 1.72. The monoisotopic (exact) mass is 321 g/mol. The molecule has 0 radical (unpaired) electrons. The van der Waals surface area contributed by atoms with E-state index in [0.717, 1.165) is 18.7 Å². The average molecular weight is 323 g/mol. The van der Waals surface area contributed by atoms with E-state index in [0.29, 0.717) is 27.7 Å². The number of nitrogens with one attached hydrogen (secondary N) is 1. The van der Waals surface area contributed by atoms with Crippen LogP contribution in [-0.4, -0.2) is 19.3 Å². The van der Waals surface area contributed by atoms with Crippen molar-refractivity contribution in [1.29, 1.82) is 0 Å². The van der Waals surface area contributed by atoms with Gasteiger partial charge in [0.15, 0.2) is 0 Å². The van der Waals surface area contributed by atoms with E-state index < -0.39 is 0 Å². The van der Waals surface area contributed by atoms with Crippen LogP contribution in [0, 0.1) is 0 Å². The predicted molar refractivity (Wildman–Crippen MR) is 81.4 cm³/mol. The summed E-state index contributed by atoms with van der Waals surface area (Å²) in [6.07, 6.45) is 5.45. The molecule has 1 N–H and O–H groups in total. The smallest absolute Gasteiger partial charge is 0.0652 e. The summed E-state index contributed by atoms with van der Waals surface area (Å²) in [5.41, 5.74) is 0.844. The van der Waals surface area contributed by atoms with E-state index in [1.54, 1.807) is 12.1 Å². The van der Waals surface area contributed by atoms with E-state index in [-0.39, 0.29) is 0 Å². The second kappa shape index (κ2) is 7.70. The van der Waals surface area contributed by atoms with Crippen LogP contribution in [0.15, 0.2) is 12.1 Å². The fraction of sp³-hybridized carbons (Fsp3) is 0.571. The summed E-state index contributed by atoms with van der Waals surface area (Å²) in [6, 6.07) is 3.47. The highest BCUT2D eigenvalue weighted by molar-refractivity contribution is 6.44. The minimum Gasteiger partial charge on any atom is -0.377 e. The van der Waals surface area contributed by atoms with Crippen LogP contribution in [0.1, 0.15) is 31.2 Å². The maximum atomic E-state index is 6.13. The fourth-order valence-electron chi connectivity index (χ4n) is 2.30. The van der Waals surface area contributed by atoms with Crippen molar-refractivity contribution in [3.63, 3.8) is 0 Å². The molecule has 1 fully saturated rings. The third-order valence-electron chi connectivity index (χ3n) is 3.38. The minimum atomic E-state index is 0.458. The number of halogens is 3. The molecule has 1 aliphatic carbocycles. The molecule has 1 saturated carbocycles. The largest absolute Gasteiger partial charge is 0.377 e. The Morgan fingerprint density at radius 3 is 2.53 bits per heavy atom. The lowest BCUT2D eigenvalue weighted by Gasteiger charge is -2.13. The van der Waals surface area contributed by atoms with Crippen LogP contribution < -0.4 is 5.32 Å². The van der Waals surface area contributed by atoms with E-state index in [9.17, 15) is 0 Å². The molecule has 1 aromatic rings. The number of ether oxygens (including phenoxy) is 1. The molecule has 2 nitrogen and oxygen atoms in total. The van der Waals surface area contributed by atoms with Gasteiger partial charge in [0.25, 0.3) is 0 Å². The second-order valence-electron chi connectivity index (χ2n) is 4.78. The molecule has 0 aromatic heterocycles. The molecule has 0 saturated heterocycles. The van der Waals surface area contributed by atoms with E-state index in [1.807, 2.05) is 0 Å². The normalized spacial score (nSPS) is 16.2. The van der Waals surface area contributed by atoms with E-state index in [2.05, 4.69) is 5.32 Å². The topological polar surface area (TPSA) is 21.3 Å². The highest BCUT2D eigenvalue weighted by Gasteiger charge is 2.14. The van der Waals surface area contributed by atoms with Gasteiger partial charge in [0.2, 0.25) is 0 Å². The van der Waals surface area contributed by atoms with Crippen molar-refractivity contribution in [3.8, 4) is 0 Å². The SMILES string of the molecule is Clc1ccc(Cl)c(CNCCOC2CCCC2)c1Cl. The Hall–Kier alpha value is 0.01000. The first-order valence-electron chi connectivity index (χ1n) is 6.63. The Labute approximate surface area is 129 Å². The van der Waals surface area contributed by atoms with Gasteiger partial charge in [0, 0.05) is 23.7 Å². The maximum absolute atomic E-state index is 6.13. The van der Waals surface area contributed by atoms with Gasteiger partial charge in [-0.3, -0.25) is 0 Å². The summed E-state index contributed by atoms with van der Waals surface area (Å²) in [7, 11) is 0. The van der Waals surface area contributed by atoms with Crippen LogP contribution in [0.2, 0.25) is 15.1 Å². The zero-order valence-electron chi connectivity index (χ0n) is 10.7. The summed E-state index contributed by atoms with van der Waals surface area (Å²) in [4.78, 5) is 0. The van der Waals surface area contributed by atoms with E-state index >= 15 is 0 Å². The van der Waals surface area contributed by atoms with Gasteiger partial charge in [0.1, 0.15) is 0 Å². The Bertz CT molecular complexity index is 419. The van der Waals surface area contributed by atoms with E-state index in [1.165, 1.54) is 25.7 Å². The molecule has 5 heteroatoms. The summed E-state index contributed by atoms with van der Waals surface area (Å²) in [5.74, 6) is 0. The Morgan fingerprint density at radius 1 is 1.11 bits per heavy atom. The predicted octanol–water partition coefficient (Wildman–Crippen LogP) is 4.70. The van der Waals surface area contributed by atoms with Crippen LogP contribution in [0.25, 0.3) is 0 Å². The maximum Gasteiger partial charge on any atom is 0.0652 e. The molecule has 0 heterocycles. The highest BCUT2D eigenvalue weighted by atomic mass is 35.5. The van der Waals surface area contributed by atoms with Gasteiger partial charge in [-0.15, -0.1) is 0 Å². The van der Waals surface area contributed by atoms with E-state index in [4.69, 9.17) is 39.5 Å². The van der Waals surface area contributed by atoms with Crippen LogP contribution in [0.5, 0.6) is 0 Å². The molecule has 0 bridgehead atoms. The fourth-order valence-corrected chi connectivity index (χ4v) is 2.98. The number of hydrogen-bond acceptors (Lipinski definition) is 2. The molecule has 2 rings (SSSR count). The van der Waals surface area contributed by atoms with Crippen molar-refractivity contribution in [2.75, 3.05) is 13.2 Å². The van der Waals surface area contributed by atoms with Crippen molar-refractivity contribution in [2.45, 2.75) is 38.3 Å². The third kappa shape index (κ3) is 4.51. The van der Waals surface area contributed by atoms with Crippen molar-refractivity contribution in [3.05, 3.63) is 32.8 Å². The number of rotatable bonds is 6. The van der Waals surface area contributed by atoms with Gasteiger partial charge in [-0.05, 0) is 25.0 Å². The standard InChI is InChI=1S/C14H18Cl3NO/c15-12-5-6-13(16)14(17)11(12)9-18-7-8-19-10-3-1-2-4-10/h5-6,10,18H,1-4,7-9H2. The van der Waals surface area contributed by atoms with Crippen LogP contribution in [-0.2, 0) is 11.3 Å². The third-order valence-corrected chi connectivity index (χ3v) is 4.57. The lowest BCUT2D eigenvalue weighted by molar-refractivity contribution is 0.0603. The van der Waals surface area contributed by atoms with Crippen LogP contribution in [0.3, 0.4) is 0 Å². The molecular weight excluding hydrogens is 305 g/mol. The Kier molecular flexibility index (Phi) is 6.24. The van der Waals surface area contributed by atoms with Crippen molar-refractivity contribution >= 4 is 34.8 Å². The molecule has 1 aromatic carbocycles. The highest BCUT2D eigenvalue weighted by Crippen LogP contribution is 2.31. The van der Waals surface area contributed by atoms with Crippen LogP contribution in [0.4, 0.5) is 0 Å². The first kappa shape index (κ1) is 15.4. The molecule has 0 atom stereocenters. The zero-order chi connectivity index (χ0) is 13.7. The molecule has 106 valence electrons. The molecular formula is C14H18Cl3NO. The molecule has 0 unspecified atom stereocenters. The average Bonchev–Trinajstić information content (AvgIpc) is 2.90. The number of benzene rings is 1. The summed E-state index contributed by atoms with van der Waals surface area (Å²) in [6.45, 7) is 2.11. The lowest BCUT2D eigenvalue weighted by Crippen LogP contribution is -2.22. The van der Waals surface area contributed by atoms with Crippen molar-refractivity contribution in [1.82, 2.24) is 5.32 Å². The van der Waals surface area contributed by atoms with Crippen molar-refractivity contribution in [2.24, 2.45) is 0 Å². The quantitative estimate of drug-likeness (QED) is 0.605.